The third-order valence-electron chi connectivity index (χ3n) is 3.48. The van der Waals surface area contributed by atoms with Crippen LogP contribution in [-0.2, 0) is 13.1 Å². The Morgan fingerprint density at radius 1 is 1.11 bits per heavy atom. The van der Waals surface area contributed by atoms with E-state index in [-0.39, 0.29) is 0 Å². The quantitative estimate of drug-likeness (QED) is 0.670. The van der Waals surface area contributed by atoms with Crippen molar-refractivity contribution in [2.24, 2.45) is 0 Å². The molecule has 19 heavy (non-hydrogen) atoms. The zero-order valence-electron chi connectivity index (χ0n) is 12.9. The minimum atomic E-state index is 0.942. The molecule has 0 bridgehead atoms. The molecule has 0 amide bonds. The van der Waals surface area contributed by atoms with Crippen molar-refractivity contribution in [2.45, 2.75) is 66.5 Å². The molecule has 0 N–H and O–H groups in total. The van der Waals surface area contributed by atoms with Gasteiger partial charge in [-0.05, 0) is 55.7 Å². The smallest absolute Gasteiger partial charge is 0.0739 e. The summed E-state index contributed by atoms with van der Waals surface area (Å²) in [5, 5.41) is 4.59. The van der Waals surface area contributed by atoms with Crippen molar-refractivity contribution >= 4 is 15.9 Å². The Hall–Kier alpha value is -0.350. The second kappa shape index (κ2) is 8.75. The number of unbranched alkanes of at least 4 members (excludes halogenated alkanes) is 2. The van der Waals surface area contributed by atoms with Crippen molar-refractivity contribution in [3.8, 4) is 0 Å². The maximum atomic E-state index is 4.59. The molecule has 0 aromatic carbocycles. The molecule has 1 rings (SSSR count). The molecule has 0 aliphatic carbocycles. The lowest BCUT2D eigenvalue weighted by Crippen LogP contribution is -2.27. The van der Waals surface area contributed by atoms with Gasteiger partial charge in [-0.1, -0.05) is 26.7 Å². The number of halogens is 1. The molecule has 0 unspecified atom stereocenters. The van der Waals surface area contributed by atoms with E-state index in [4.69, 9.17) is 0 Å². The summed E-state index contributed by atoms with van der Waals surface area (Å²) in [7, 11) is 0. The SMILES string of the molecule is CCCCN(CCCC)Cc1c(Br)c(C)nn1CC. The Morgan fingerprint density at radius 3 is 2.16 bits per heavy atom. The van der Waals surface area contributed by atoms with Gasteiger partial charge < -0.3 is 0 Å². The van der Waals surface area contributed by atoms with Crippen LogP contribution in [0.15, 0.2) is 4.47 Å². The third kappa shape index (κ3) is 4.92. The summed E-state index contributed by atoms with van der Waals surface area (Å²) < 4.78 is 3.32. The minimum absolute atomic E-state index is 0.942. The van der Waals surface area contributed by atoms with Gasteiger partial charge >= 0.3 is 0 Å². The van der Waals surface area contributed by atoms with Crippen molar-refractivity contribution in [3.63, 3.8) is 0 Å². The van der Waals surface area contributed by atoms with E-state index in [2.05, 4.69) is 58.3 Å². The third-order valence-corrected chi connectivity index (χ3v) is 4.51. The van der Waals surface area contributed by atoms with Gasteiger partial charge in [0.25, 0.3) is 0 Å². The second-order valence-corrected chi connectivity index (χ2v) is 5.94. The molecule has 110 valence electrons. The molecule has 0 fully saturated rings. The summed E-state index contributed by atoms with van der Waals surface area (Å²) in [6.07, 6.45) is 5.08. The first-order chi connectivity index (χ1) is 9.13. The fourth-order valence-electron chi connectivity index (χ4n) is 2.27. The zero-order valence-corrected chi connectivity index (χ0v) is 14.5. The fraction of sp³-hybridized carbons (Fsp3) is 0.800. The highest BCUT2D eigenvalue weighted by molar-refractivity contribution is 9.10. The molecule has 0 radical (unpaired) electrons. The topological polar surface area (TPSA) is 21.1 Å². The monoisotopic (exact) mass is 329 g/mol. The minimum Gasteiger partial charge on any atom is -0.297 e. The molecule has 0 saturated heterocycles. The Labute approximate surface area is 126 Å². The van der Waals surface area contributed by atoms with E-state index in [1.165, 1.54) is 48.9 Å². The normalized spacial score (nSPS) is 11.5. The Bertz CT molecular complexity index is 366. The first-order valence-electron chi connectivity index (χ1n) is 7.58. The van der Waals surface area contributed by atoms with Crippen LogP contribution in [0.2, 0.25) is 0 Å². The fourth-order valence-corrected chi connectivity index (χ4v) is 2.67. The molecule has 1 heterocycles. The first-order valence-corrected chi connectivity index (χ1v) is 8.37. The van der Waals surface area contributed by atoms with Crippen molar-refractivity contribution in [1.29, 1.82) is 0 Å². The maximum Gasteiger partial charge on any atom is 0.0739 e. The van der Waals surface area contributed by atoms with E-state index in [0.29, 0.717) is 0 Å². The van der Waals surface area contributed by atoms with Crippen LogP contribution in [-0.4, -0.2) is 27.8 Å². The van der Waals surface area contributed by atoms with Gasteiger partial charge in [0.1, 0.15) is 0 Å². The van der Waals surface area contributed by atoms with Crippen molar-refractivity contribution in [3.05, 3.63) is 15.9 Å². The zero-order chi connectivity index (χ0) is 14.3. The molecule has 3 nitrogen and oxygen atoms in total. The Morgan fingerprint density at radius 2 is 1.68 bits per heavy atom. The van der Waals surface area contributed by atoms with E-state index in [0.717, 1.165) is 18.8 Å². The summed E-state index contributed by atoms with van der Waals surface area (Å²) >= 11 is 3.70. The summed E-state index contributed by atoms with van der Waals surface area (Å²) in [4.78, 5) is 2.57. The van der Waals surface area contributed by atoms with Crippen molar-refractivity contribution in [1.82, 2.24) is 14.7 Å². The maximum absolute atomic E-state index is 4.59. The number of aromatic nitrogens is 2. The number of hydrogen-bond donors (Lipinski definition) is 0. The average Bonchev–Trinajstić information content (AvgIpc) is 2.69. The summed E-state index contributed by atoms with van der Waals surface area (Å²) in [5.41, 5.74) is 2.43. The van der Waals surface area contributed by atoms with E-state index < -0.39 is 0 Å². The van der Waals surface area contributed by atoms with Gasteiger partial charge in [-0.3, -0.25) is 9.58 Å². The lowest BCUT2D eigenvalue weighted by atomic mass is 10.2. The van der Waals surface area contributed by atoms with Crippen LogP contribution in [0.1, 0.15) is 57.8 Å². The van der Waals surface area contributed by atoms with Crippen LogP contribution in [0.5, 0.6) is 0 Å². The van der Waals surface area contributed by atoms with Crippen LogP contribution >= 0.6 is 15.9 Å². The van der Waals surface area contributed by atoms with Crippen LogP contribution in [0.25, 0.3) is 0 Å². The van der Waals surface area contributed by atoms with E-state index in [1.54, 1.807) is 0 Å². The molecule has 1 aromatic rings. The Kier molecular flexibility index (Phi) is 7.69. The molecule has 0 saturated carbocycles. The van der Waals surface area contributed by atoms with Crippen LogP contribution in [0, 0.1) is 6.92 Å². The Balaban J connectivity index is 2.76. The summed E-state index contributed by atoms with van der Waals surface area (Å²) in [6, 6.07) is 0. The summed E-state index contributed by atoms with van der Waals surface area (Å²) in [5.74, 6) is 0. The standard InChI is InChI=1S/C15H28BrN3/c1-5-8-10-18(11-9-6-2)12-14-15(16)13(4)17-19(14)7-3/h5-12H2,1-4H3. The number of nitrogens with zero attached hydrogens (tertiary/aromatic N) is 3. The molecular weight excluding hydrogens is 302 g/mol. The lowest BCUT2D eigenvalue weighted by Gasteiger charge is -2.22. The second-order valence-electron chi connectivity index (χ2n) is 5.15. The van der Waals surface area contributed by atoms with Gasteiger partial charge in [-0.2, -0.15) is 5.10 Å². The molecule has 4 heteroatoms. The molecule has 0 spiro atoms. The molecular formula is C15H28BrN3. The molecule has 0 aliphatic heterocycles. The van der Waals surface area contributed by atoms with Gasteiger partial charge in [0, 0.05) is 13.1 Å². The lowest BCUT2D eigenvalue weighted by molar-refractivity contribution is 0.249. The van der Waals surface area contributed by atoms with Gasteiger partial charge in [-0.15, -0.1) is 0 Å². The highest BCUT2D eigenvalue weighted by atomic mass is 79.9. The van der Waals surface area contributed by atoms with Gasteiger partial charge in [0.2, 0.25) is 0 Å². The van der Waals surface area contributed by atoms with Crippen LogP contribution in [0.4, 0.5) is 0 Å². The number of aryl methyl sites for hydroxylation is 2. The van der Waals surface area contributed by atoms with Crippen molar-refractivity contribution < 1.29 is 0 Å². The van der Waals surface area contributed by atoms with E-state index in [9.17, 15) is 0 Å². The molecule has 0 aliphatic rings. The van der Waals surface area contributed by atoms with E-state index >= 15 is 0 Å². The summed E-state index contributed by atoms with van der Waals surface area (Å²) in [6.45, 7) is 13.1. The predicted molar refractivity (Wildman–Crippen MR) is 85.4 cm³/mol. The van der Waals surface area contributed by atoms with Gasteiger partial charge in [0.15, 0.2) is 0 Å². The number of hydrogen-bond acceptors (Lipinski definition) is 2. The van der Waals surface area contributed by atoms with E-state index in [1.807, 2.05) is 0 Å². The largest absolute Gasteiger partial charge is 0.297 e. The van der Waals surface area contributed by atoms with Gasteiger partial charge in [0.05, 0.1) is 15.9 Å². The average molecular weight is 330 g/mol. The van der Waals surface area contributed by atoms with Crippen molar-refractivity contribution in [2.75, 3.05) is 13.1 Å². The first kappa shape index (κ1) is 16.7. The predicted octanol–water partition coefficient (Wildman–Crippen LogP) is 4.38. The highest BCUT2D eigenvalue weighted by Gasteiger charge is 2.15. The molecule has 1 aromatic heterocycles. The van der Waals surface area contributed by atoms with Gasteiger partial charge in [-0.25, -0.2) is 0 Å². The molecule has 0 atom stereocenters. The number of rotatable bonds is 9. The van der Waals surface area contributed by atoms with Crippen LogP contribution in [0.3, 0.4) is 0 Å². The van der Waals surface area contributed by atoms with Crippen LogP contribution < -0.4 is 0 Å². The highest BCUT2D eigenvalue weighted by Crippen LogP contribution is 2.22.